The molecular formula is C21H22N4O. The number of hydrogen-bond donors (Lipinski definition) is 1. The van der Waals surface area contributed by atoms with Crippen LogP contribution in [0.25, 0.3) is 11.8 Å². The van der Waals surface area contributed by atoms with E-state index in [1.807, 2.05) is 67.9 Å². The Morgan fingerprint density at radius 3 is 2.58 bits per heavy atom. The molecule has 1 amide bonds. The van der Waals surface area contributed by atoms with Crippen LogP contribution in [0.4, 0.5) is 0 Å². The summed E-state index contributed by atoms with van der Waals surface area (Å²) in [7, 11) is 0. The molecule has 1 unspecified atom stereocenters. The molecule has 0 saturated heterocycles. The average molecular weight is 346 g/mol. The highest BCUT2D eigenvalue weighted by atomic mass is 16.1. The fourth-order valence-electron chi connectivity index (χ4n) is 2.79. The minimum absolute atomic E-state index is 0.0875. The van der Waals surface area contributed by atoms with Gasteiger partial charge in [-0.05, 0) is 62.2 Å². The third kappa shape index (κ3) is 4.25. The molecule has 0 aliphatic carbocycles. The Kier molecular flexibility index (Phi) is 5.27. The van der Waals surface area contributed by atoms with E-state index >= 15 is 0 Å². The predicted molar refractivity (Wildman–Crippen MR) is 103 cm³/mol. The number of pyridine rings is 1. The van der Waals surface area contributed by atoms with E-state index in [4.69, 9.17) is 0 Å². The molecule has 0 fully saturated rings. The molecule has 3 rings (SSSR count). The molecule has 0 aliphatic rings. The summed E-state index contributed by atoms with van der Waals surface area (Å²) < 4.78 is 1.92. The summed E-state index contributed by atoms with van der Waals surface area (Å²) in [5, 5.41) is 7.46. The first-order valence-electron chi connectivity index (χ1n) is 8.55. The first-order valence-corrected chi connectivity index (χ1v) is 8.55. The minimum atomic E-state index is -0.135. The molecule has 132 valence electrons. The normalized spacial score (nSPS) is 12.3. The van der Waals surface area contributed by atoms with Gasteiger partial charge < -0.3 is 5.32 Å². The van der Waals surface area contributed by atoms with Crippen LogP contribution in [0.3, 0.4) is 0 Å². The number of nitrogens with one attached hydrogen (secondary N) is 1. The molecule has 3 aromatic rings. The van der Waals surface area contributed by atoms with Gasteiger partial charge in [0.15, 0.2) is 0 Å². The zero-order valence-electron chi connectivity index (χ0n) is 15.2. The van der Waals surface area contributed by atoms with Gasteiger partial charge in [-0.2, -0.15) is 5.10 Å². The average Bonchev–Trinajstić information content (AvgIpc) is 2.99. The maximum Gasteiger partial charge on any atom is 0.244 e. The molecule has 0 spiro atoms. The Morgan fingerprint density at radius 2 is 1.96 bits per heavy atom. The number of carbonyl (C=O) groups excluding carboxylic acids is 1. The van der Waals surface area contributed by atoms with Gasteiger partial charge >= 0.3 is 0 Å². The highest BCUT2D eigenvalue weighted by Gasteiger charge is 2.09. The number of aryl methyl sites for hydroxylation is 2. The molecular weight excluding hydrogens is 324 g/mol. The van der Waals surface area contributed by atoms with Crippen molar-refractivity contribution in [3.63, 3.8) is 0 Å². The molecule has 1 aromatic carbocycles. The van der Waals surface area contributed by atoms with Gasteiger partial charge in [-0.15, -0.1) is 0 Å². The van der Waals surface area contributed by atoms with E-state index in [0.717, 1.165) is 28.2 Å². The van der Waals surface area contributed by atoms with Crippen molar-refractivity contribution < 1.29 is 4.79 Å². The summed E-state index contributed by atoms with van der Waals surface area (Å²) in [5.74, 6) is -0.135. The van der Waals surface area contributed by atoms with Crippen LogP contribution in [-0.4, -0.2) is 20.7 Å². The van der Waals surface area contributed by atoms with Gasteiger partial charge in [0.05, 0.1) is 17.4 Å². The van der Waals surface area contributed by atoms with Gasteiger partial charge in [0.25, 0.3) is 0 Å². The third-order valence-electron chi connectivity index (χ3n) is 4.12. The van der Waals surface area contributed by atoms with Crippen LogP contribution >= 0.6 is 0 Å². The maximum absolute atomic E-state index is 12.1. The summed E-state index contributed by atoms with van der Waals surface area (Å²) in [6.07, 6.45) is 6.69. The topological polar surface area (TPSA) is 59.8 Å². The van der Waals surface area contributed by atoms with E-state index in [2.05, 4.69) is 15.4 Å². The second-order valence-corrected chi connectivity index (χ2v) is 6.28. The molecule has 1 atom stereocenters. The maximum atomic E-state index is 12.1. The van der Waals surface area contributed by atoms with Crippen molar-refractivity contribution in [3.8, 4) is 5.69 Å². The van der Waals surface area contributed by atoms with Crippen molar-refractivity contribution >= 4 is 12.0 Å². The molecule has 0 saturated carbocycles. The van der Waals surface area contributed by atoms with Crippen LogP contribution in [0.5, 0.6) is 0 Å². The first kappa shape index (κ1) is 17.6. The number of nitrogens with zero attached hydrogens (tertiary/aromatic N) is 3. The monoisotopic (exact) mass is 346 g/mol. The highest BCUT2D eigenvalue weighted by molar-refractivity contribution is 5.91. The van der Waals surface area contributed by atoms with Gasteiger partial charge in [0.1, 0.15) is 0 Å². The number of benzene rings is 1. The van der Waals surface area contributed by atoms with Crippen molar-refractivity contribution in [1.82, 2.24) is 20.1 Å². The zero-order valence-corrected chi connectivity index (χ0v) is 15.2. The van der Waals surface area contributed by atoms with Crippen LogP contribution in [-0.2, 0) is 4.79 Å². The number of amides is 1. The lowest BCUT2D eigenvalue weighted by Crippen LogP contribution is -2.24. The van der Waals surface area contributed by atoms with Crippen molar-refractivity contribution in [2.75, 3.05) is 0 Å². The van der Waals surface area contributed by atoms with Crippen LogP contribution in [0.1, 0.15) is 35.5 Å². The Hall–Kier alpha value is -3.21. The lowest BCUT2D eigenvalue weighted by molar-refractivity contribution is -0.117. The standard InChI is InChI=1S/C21H22N4O/c1-15-13-16(2)25(24-15)20-9-7-19(8-10-20)17(3)23-21(26)11-6-18-5-4-12-22-14-18/h4-14,17H,1-3H3,(H,23,26). The number of hydrogen-bond acceptors (Lipinski definition) is 3. The second-order valence-electron chi connectivity index (χ2n) is 6.28. The minimum Gasteiger partial charge on any atom is -0.346 e. The zero-order chi connectivity index (χ0) is 18.5. The van der Waals surface area contributed by atoms with E-state index < -0.39 is 0 Å². The highest BCUT2D eigenvalue weighted by Crippen LogP contribution is 2.17. The fourth-order valence-corrected chi connectivity index (χ4v) is 2.79. The van der Waals surface area contributed by atoms with Crippen LogP contribution in [0.15, 0.2) is 60.9 Å². The predicted octanol–water partition coefficient (Wildman–Crippen LogP) is 3.77. The molecule has 5 nitrogen and oxygen atoms in total. The van der Waals surface area contributed by atoms with E-state index in [9.17, 15) is 4.79 Å². The van der Waals surface area contributed by atoms with Crippen molar-refractivity contribution in [2.24, 2.45) is 0 Å². The summed E-state index contributed by atoms with van der Waals surface area (Å²) in [6.45, 7) is 5.98. The Morgan fingerprint density at radius 1 is 1.19 bits per heavy atom. The number of rotatable bonds is 5. The Bertz CT molecular complexity index is 911. The summed E-state index contributed by atoms with van der Waals surface area (Å²) >= 11 is 0. The van der Waals surface area contributed by atoms with Crippen LogP contribution in [0, 0.1) is 13.8 Å². The SMILES string of the molecule is Cc1cc(C)n(-c2ccc(C(C)NC(=O)C=Cc3cccnc3)cc2)n1. The van der Waals surface area contributed by atoms with E-state index in [0.29, 0.717) is 0 Å². The fraction of sp³-hybridized carbons (Fsp3) is 0.190. The van der Waals surface area contributed by atoms with E-state index in [1.54, 1.807) is 18.5 Å². The van der Waals surface area contributed by atoms with Gasteiger partial charge in [0.2, 0.25) is 5.91 Å². The van der Waals surface area contributed by atoms with Gasteiger partial charge in [-0.1, -0.05) is 18.2 Å². The Labute approximate surface area is 153 Å². The molecule has 26 heavy (non-hydrogen) atoms. The molecule has 2 aromatic heterocycles. The van der Waals surface area contributed by atoms with Crippen LogP contribution < -0.4 is 5.32 Å². The molecule has 0 bridgehead atoms. The van der Waals surface area contributed by atoms with Gasteiger partial charge in [0, 0.05) is 24.2 Å². The van der Waals surface area contributed by atoms with Crippen molar-refractivity contribution in [3.05, 3.63) is 83.4 Å². The summed E-state index contributed by atoms with van der Waals surface area (Å²) in [4.78, 5) is 16.1. The lowest BCUT2D eigenvalue weighted by Gasteiger charge is -2.14. The lowest BCUT2D eigenvalue weighted by atomic mass is 10.1. The van der Waals surface area contributed by atoms with Gasteiger partial charge in [-0.3, -0.25) is 9.78 Å². The van der Waals surface area contributed by atoms with Crippen molar-refractivity contribution in [1.29, 1.82) is 0 Å². The molecule has 1 N–H and O–H groups in total. The largest absolute Gasteiger partial charge is 0.346 e. The number of carbonyl (C=O) groups is 1. The molecule has 5 heteroatoms. The molecule has 0 radical (unpaired) electrons. The summed E-state index contributed by atoms with van der Waals surface area (Å²) in [5.41, 5.74) is 5.03. The van der Waals surface area contributed by atoms with E-state index in [1.165, 1.54) is 6.08 Å². The number of aromatic nitrogens is 3. The summed E-state index contributed by atoms with van der Waals surface area (Å²) in [6, 6.07) is 13.8. The quantitative estimate of drug-likeness (QED) is 0.715. The second kappa shape index (κ2) is 7.78. The first-order chi connectivity index (χ1) is 12.5. The molecule has 0 aliphatic heterocycles. The van der Waals surface area contributed by atoms with E-state index in [-0.39, 0.29) is 11.9 Å². The smallest absolute Gasteiger partial charge is 0.244 e. The van der Waals surface area contributed by atoms with Crippen LogP contribution in [0.2, 0.25) is 0 Å². The van der Waals surface area contributed by atoms with Crippen molar-refractivity contribution in [2.45, 2.75) is 26.8 Å². The third-order valence-corrected chi connectivity index (χ3v) is 4.12. The van der Waals surface area contributed by atoms with Gasteiger partial charge in [-0.25, -0.2) is 4.68 Å². The molecule has 2 heterocycles. The Balaban J connectivity index is 1.64.